The lowest BCUT2D eigenvalue weighted by Gasteiger charge is -2.29. The lowest BCUT2D eigenvalue weighted by atomic mass is 9.94. The van der Waals surface area contributed by atoms with Crippen molar-refractivity contribution >= 4 is 29.3 Å². The van der Waals surface area contributed by atoms with Crippen molar-refractivity contribution < 1.29 is 14.3 Å². The summed E-state index contributed by atoms with van der Waals surface area (Å²) in [6.45, 7) is 6.53. The highest BCUT2D eigenvalue weighted by atomic mass is 32.2. The molecule has 1 atom stereocenters. The number of hydrogen-bond donors (Lipinski definition) is 2. The summed E-state index contributed by atoms with van der Waals surface area (Å²) >= 11 is 1.60. The van der Waals surface area contributed by atoms with Gasteiger partial charge in [-0.3, -0.25) is 4.79 Å². The normalized spacial score (nSPS) is 14.3. The molecule has 212 valence electrons. The van der Waals surface area contributed by atoms with Crippen molar-refractivity contribution in [1.82, 2.24) is 14.8 Å². The van der Waals surface area contributed by atoms with E-state index in [1.165, 1.54) is 5.56 Å². The van der Waals surface area contributed by atoms with Gasteiger partial charge in [-0.25, -0.2) is 4.68 Å². The highest BCUT2D eigenvalue weighted by molar-refractivity contribution is 7.99. The highest BCUT2D eigenvalue weighted by Gasteiger charge is 2.35. The third kappa shape index (κ3) is 6.57. The average Bonchev–Trinajstić information content (AvgIpc) is 3.38. The van der Waals surface area contributed by atoms with Crippen LogP contribution in [0.5, 0.6) is 11.5 Å². The molecule has 1 aromatic heterocycles. The van der Waals surface area contributed by atoms with Crippen molar-refractivity contribution in [3.05, 3.63) is 101 Å². The van der Waals surface area contributed by atoms with Crippen LogP contribution in [0.3, 0.4) is 0 Å². The number of carbonyl (C=O) groups excluding carboxylic acids is 1. The minimum atomic E-state index is -0.521. The highest BCUT2D eigenvalue weighted by Crippen LogP contribution is 2.40. The maximum Gasteiger partial charge on any atom is 0.255 e. The molecule has 8 nitrogen and oxygen atoms in total. The van der Waals surface area contributed by atoms with Crippen molar-refractivity contribution in [3.63, 3.8) is 0 Å². The van der Waals surface area contributed by atoms with Crippen LogP contribution in [0.2, 0.25) is 0 Å². The molecule has 2 N–H and O–H groups in total. The zero-order valence-corrected chi connectivity index (χ0v) is 24.6. The van der Waals surface area contributed by atoms with Crippen LogP contribution in [-0.2, 0) is 11.2 Å². The summed E-state index contributed by atoms with van der Waals surface area (Å²) in [5.41, 5.74) is 5.11. The van der Waals surface area contributed by atoms with E-state index in [1.807, 2.05) is 74.5 Å². The number of anilines is 2. The lowest BCUT2D eigenvalue weighted by molar-refractivity contribution is -0.113. The first kappa shape index (κ1) is 28.3. The summed E-state index contributed by atoms with van der Waals surface area (Å²) in [6, 6.07) is 23.2. The second kappa shape index (κ2) is 13.0. The van der Waals surface area contributed by atoms with Crippen LogP contribution in [0.15, 0.2) is 89.2 Å². The Morgan fingerprint density at radius 3 is 2.63 bits per heavy atom. The third-order valence-corrected chi connectivity index (χ3v) is 7.83. The maximum absolute atomic E-state index is 13.8. The first-order chi connectivity index (χ1) is 20.0. The van der Waals surface area contributed by atoms with Crippen molar-refractivity contribution in [1.29, 1.82) is 0 Å². The third-order valence-electron chi connectivity index (χ3n) is 6.78. The smallest absolute Gasteiger partial charge is 0.255 e. The van der Waals surface area contributed by atoms with E-state index < -0.39 is 6.04 Å². The molecule has 4 aromatic rings. The number of hydrogen-bond acceptors (Lipinski definition) is 7. The van der Waals surface area contributed by atoms with Crippen LogP contribution < -0.4 is 20.1 Å². The molecule has 1 amide bonds. The minimum absolute atomic E-state index is 0.211. The Kier molecular flexibility index (Phi) is 8.94. The first-order valence-electron chi connectivity index (χ1n) is 13.8. The Labute approximate surface area is 245 Å². The average molecular weight is 570 g/mol. The summed E-state index contributed by atoms with van der Waals surface area (Å²) in [5.74, 6) is 2.53. The number of aryl methyl sites for hydroxylation is 1. The number of thioether (sulfide) groups is 1. The monoisotopic (exact) mass is 569 g/mol. The molecule has 3 aromatic carbocycles. The van der Waals surface area contributed by atoms with E-state index in [-0.39, 0.29) is 5.91 Å². The summed E-state index contributed by atoms with van der Waals surface area (Å²) < 4.78 is 13.7. The summed E-state index contributed by atoms with van der Waals surface area (Å²) in [4.78, 5) is 18.5. The van der Waals surface area contributed by atoms with Crippen LogP contribution in [0.1, 0.15) is 43.0 Å². The molecule has 0 saturated heterocycles. The quantitative estimate of drug-likeness (QED) is 0.196. The molecule has 1 unspecified atom stereocenters. The van der Waals surface area contributed by atoms with Gasteiger partial charge in [0.05, 0.1) is 19.3 Å². The van der Waals surface area contributed by atoms with Crippen LogP contribution >= 0.6 is 11.8 Å². The van der Waals surface area contributed by atoms with E-state index >= 15 is 0 Å². The van der Waals surface area contributed by atoms with Crippen molar-refractivity contribution in [2.45, 2.75) is 44.8 Å². The fraction of sp³-hybridized carbons (Fsp3) is 0.281. The van der Waals surface area contributed by atoms with Gasteiger partial charge in [0.2, 0.25) is 11.1 Å². The van der Waals surface area contributed by atoms with Gasteiger partial charge >= 0.3 is 0 Å². The van der Waals surface area contributed by atoms with Gasteiger partial charge in [0.15, 0.2) is 11.5 Å². The van der Waals surface area contributed by atoms with E-state index in [0.29, 0.717) is 40.5 Å². The standard InChI is InChI=1S/C32H35N5O3S/c1-5-18-41-32-35-31-33-22(3)28(30(38)34-25-13-9-10-21(2)19-25)29(37(31)36-32)24-14-15-26(27(20-24)39-4)40-17-16-23-11-7-6-8-12-23/h6-15,19-20,29H,5,16-18H2,1-4H3,(H,34,38)(H,33,35,36). The molecule has 0 spiro atoms. The first-order valence-corrected chi connectivity index (χ1v) is 14.7. The molecular weight excluding hydrogens is 534 g/mol. The zero-order chi connectivity index (χ0) is 28.8. The van der Waals surface area contributed by atoms with Gasteiger partial charge in [0.25, 0.3) is 5.91 Å². The Bertz CT molecular complexity index is 1550. The fourth-order valence-electron chi connectivity index (χ4n) is 4.81. The molecule has 2 heterocycles. The number of benzene rings is 3. The van der Waals surface area contributed by atoms with E-state index in [4.69, 9.17) is 19.6 Å². The van der Waals surface area contributed by atoms with E-state index in [2.05, 4.69) is 29.7 Å². The molecule has 0 fully saturated rings. The van der Waals surface area contributed by atoms with Gasteiger partial charge < -0.3 is 20.1 Å². The Hall–Kier alpha value is -4.24. The van der Waals surface area contributed by atoms with Gasteiger partial charge in [0.1, 0.15) is 6.04 Å². The Balaban J connectivity index is 1.48. The number of nitrogens with one attached hydrogen (secondary N) is 2. The Morgan fingerprint density at radius 2 is 1.88 bits per heavy atom. The van der Waals surface area contributed by atoms with Crippen molar-refractivity contribution in [2.24, 2.45) is 0 Å². The van der Waals surface area contributed by atoms with E-state index in [9.17, 15) is 4.79 Å². The van der Waals surface area contributed by atoms with Crippen molar-refractivity contribution in [2.75, 3.05) is 30.1 Å². The molecular formula is C32H35N5O3S. The van der Waals surface area contributed by atoms with Crippen LogP contribution in [0.25, 0.3) is 0 Å². The van der Waals surface area contributed by atoms with Crippen LogP contribution in [-0.4, -0.2) is 40.1 Å². The van der Waals surface area contributed by atoms with E-state index in [0.717, 1.165) is 35.4 Å². The lowest BCUT2D eigenvalue weighted by Crippen LogP contribution is -2.31. The molecule has 0 bridgehead atoms. The Morgan fingerprint density at radius 1 is 1.05 bits per heavy atom. The van der Waals surface area contributed by atoms with Crippen molar-refractivity contribution in [3.8, 4) is 11.5 Å². The predicted octanol–water partition coefficient (Wildman–Crippen LogP) is 6.65. The molecule has 9 heteroatoms. The number of methoxy groups -OCH3 is 1. The van der Waals surface area contributed by atoms with Crippen LogP contribution in [0, 0.1) is 6.92 Å². The number of aromatic nitrogens is 3. The van der Waals surface area contributed by atoms with Gasteiger partial charge in [-0.15, -0.1) is 5.10 Å². The van der Waals surface area contributed by atoms with E-state index in [1.54, 1.807) is 23.6 Å². The molecule has 0 radical (unpaired) electrons. The number of fused-ring (bicyclic) bond motifs is 1. The molecule has 0 saturated carbocycles. The second-order valence-corrected chi connectivity index (χ2v) is 11.0. The van der Waals surface area contributed by atoms with Gasteiger partial charge in [-0.2, -0.15) is 4.98 Å². The molecule has 0 aliphatic carbocycles. The van der Waals surface area contributed by atoms with Gasteiger partial charge in [0, 0.05) is 23.6 Å². The number of carbonyl (C=O) groups is 1. The maximum atomic E-state index is 13.8. The summed E-state index contributed by atoms with van der Waals surface area (Å²) in [7, 11) is 1.62. The zero-order valence-electron chi connectivity index (χ0n) is 23.8. The molecule has 1 aliphatic heterocycles. The number of allylic oxidation sites excluding steroid dienone is 1. The predicted molar refractivity (Wildman–Crippen MR) is 164 cm³/mol. The van der Waals surface area contributed by atoms with Crippen LogP contribution in [0.4, 0.5) is 11.6 Å². The second-order valence-electron chi connectivity index (χ2n) is 9.90. The fourth-order valence-corrected chi connectivity index (χ4v) is 5.49. The van der Waals surface area contributed by atoms with Gasteiger partial charge in [-0.05, 0) is 61.2 Å². The SMILES string of the molecule is CCCSc1nc2n(n1)C(c1ccc(OCCc3ccccc3)c(OC)c1)C(C(=O)Nc1cccc(C)c1)=C(C)N2. The molecule has 5 rings (SSSR count). The number of amides is 1. The number of ether oxygens (including phenoxy) is 2. The summed E-state index contributed by atoms with van der Waals surface area (Å²) in [5, 5.41) is 11.9. The minimum Gasteiger partial charge on any atom is -0.493 e. The summed E-state index contributed by atoms with van der Waals surface area (Å²) in [6.07, 6.45) is 1.79. The molecule has 1 aliphatic rings. The number of rotatable bonds is 11. The molecule has 41 heavy (non-hydrogen) atoms. The largest absolute Gasteiger partial charge is 0.493 e. The van der Waals surface area contributed by atoms with Gasteiger partial charge in [-0.1, -0.05) is 67.2 Å². The number of nitrogens with zero attached hydrogens (tertiary/aromatic N) is 3. The topological polar surface area (TPSA) is 90.3 Å².